The molecule has 0 atom stereocenters. The van der Waals surface area contributed by atoms with Crippen molar-refractivity contribution in [2.45, 2.75) is 52.4 Å². The Balaban J connectivity index is 2.75. The van der Waals surface area contributed by atoms with Gasteiger partial charge in [0.1, 0.15) is 5.75 Å². The van der Waals surface area contributed by atoms with Crippen LogP contribution >= 0.6 is 0 Å². The second-order valence-corrected chi connectivity index (χ2v) is 7.16. The Morgan fingerprint density at radius 2 is 1.65 bits per heavy atom. The fourth-order valence-electron chi connectivity index (χ4n) is 2.09. The highest BCUT2D eigenvalue weighted by Crippen LogP contribution is 2.40. The molecule has 2 rings (SSSR count). The lowest BCUT2D eigenvalue weighted by Crippen LogP contribution is -2.17. The number of hydrogen-bond donors (Lipinski definition) is 2. The van der Waals surface area contributed by atoms with Gasteiger partial charge in [0, 0.05) is 5.56 Å². The number of tetrazole rings is 1. The molecule has 0 saturated carbocycles. The molecule has 0 spiro atoms. The van der Waals surface area contributed by atoms with E-state index in [1.165, 1.54) is 0 Å². The van der Waals surface area contributed by atoms with E-state index in [9.17, 15) is 5.11 Å². The summed E-state index contributed by atoms with van der Waals surface area (Å²) < 4.78 is 0. The van der Waals surface area contributed by atoms with Crippen LogP contribution in [0, 0.1) is 0 Å². The predicted octanol–water partition coefficient (Wildman–Crippen LogP) is 3.17. The quantitative estimate of drug-likeness (QED) is 0.837. The molecule has 1 aromatic heterocycles. The van der Waals surface area contributed by atoms with Crippen LogP contribution in [-0.2, 0) is 10.8 Å². The number of H-pyrrole nitrogens is 1. The number of nitrogens with zero attached hydrogens (tertiary/aromatic N) is 3. The van der Waals surface area contributed by atoms with Gasteiger partial charge in [-0.3, -0.25) is 0 Å². The maximum Gasteiger partial charge on any atom is 0.208 e. The van der Waals surface area contributed by atoms with Gasteiger partial charge in [0.05, 0.1) is 5.56 Å². The molecule has 0 radical (unpaired) electrons. The van der Waals surface area contributed by atoms with Crippen molar-refractivity contribution in [3.05, 3.63) is 23.3 Å². The topological polar surface area (TPSA) is 74.7 Å². The van der Waals surface area contributed by atoms with Crippen LogP contribution < -0.4 is 0 Å². The van der Waals surface area contributed by atoms with Crippen LogP contribution in [0.1, 0.15) is 52.7 Å². The van der Waals surface area contributed by atoms with Gasteiger partial charge < -0.3 is 5.11 Å². The molecule has 5 nitrogen and oxygen atoms in total. The zero-order chi connectivity index (χ0) is 15.1. The van der Waals surface area contributed by atoms with E-state index < -0.39 is 0 Å². The molecular formula is C15H22N4O. The molecule has 20 heavy (non-hydrogen) atoms. The fourth-order valence-corrected chi connectivity index (χ4v) is 2.09. The van der Waals surface area contributed by atoms with E-state index in [1.54, 1.807) is 0 Å². The summed E-state index contributed by atoms with van der Waals surface area (Å²) in [5.74, 6) is 0.644. The highest BCUT2D eigenvalue weighted by atomic mass is 16.3. The first-order valence-corrected chi connectivity index (χ1v) is 6.72. The van der Waals surface area contributed by atoms with Crippen molar-refractivity contribution in [3.8, 4) is 17.1 Å². The first kappa shape index (κ1) is 14.5. The van der Waals surface area contributed by atoms with E-state index >= 15 is 0 Å². The zero-order valence-electron chi connectivity index (χ0n) is 12.9. The summed E-state index contributed by atoms with van der Waals surface area (Å²) in [5.41, 5.74) is 2.47. The largest absolute Gasteiger partial charge is 0.507 e. The number of aromatic hydroxyl groups is 1. The van der Waals surface area contributed by atoms with E-state index in [1.807, 2.05) is 6.07 Å². The Hall–Kier alpha value is -1.91. The molecule has 2 aromatic rings. The average molecular weight is 274 g/mol. The third-order valence-corrected chi connectivity index (χ3v) is 3.37. The molecule has 0 saturated heterocycles. The molecule has 0 aliphatic heterocycles. The van der Waals surface area contributed by atoms with Crippen molar-refractivity contribution in [2.24, 2.45) is 0 Å². The molecule has 0 bridgehead atoms. The van der Waals surface area contributed by atoms with Crippen molar-refractivity contribution in [1.82, 2.24) is 20.6 Å². The minimum atomic E-state index is -0.163. The highest BCUT2D eigenvalue weighted by Gasteiger charge is 2.26. The minimum Gasteiger partial charge on any atom is -0.507 e. The molecule has 0 aliphatic rings. The summed E-state index contributed by atoms with van der Waals surface area (Å²) in [7, 11) is 0. The van der Waals surface area contributed by atoms with Gasteiger partial charge >= 0.3 is 0 Å². The molecular weight excluding hydrogens is 252 g/mol. The van der Waals surface area contributed by atoms with E-state index in [2.05, 4.69) is 68.2 Å². The Kier molecular flexibility index (Phi) is 3.32. The Labute approximate surface area is 119 Å². The number of rotatable bonds is 1. The van der Waals surface area contributed by atoms with Crippen molar-refractivity contribution < 1.29 is 5.11 Å². The molecule has 0 amide bonds. The van der Waals surface area contributed by atoms with E-state index in [0.717, 1.165) is 11.1 Å². The summed E-state index contributed by atoms with van der Waals surface area (Å²) in [6.07, 6.45) is 0. The van der Waals surface area contributed by atoms with Crippen LogP contribution in [0.5, 0.6) is 5.75 Å². The summed E-state index contributed by atoms with van der Waals surface area (Å²) in [6, 6.07) is 4.01. The lowest BCUT2D eigenvalue weighted by molar-refractivity contribution is 0.446. The van der Waals surface area contributed by atoms with Crippen LogP contribution in [0.25, 0.3) is 11.4 Å². The number of aromatic amines is 1. The molecule has 108 valence electrons. The predicted molar refractivity (Wildman–Crippen MR) is 78.7 cm³/mol. The second kappa shape index (κ2) is 4.58. The first-order chi connectivity index (χ1) is 9.10. The highest BCUT2D eigenvalue weighted by molar-refractivity contribution is 5.68. The molecule has 1 aromatic carbocycles. The maximum atomic E-state index is 10.6. The lowest BCUT2D eigenvalue weighted by atomic mass is 9.79. The van der Waals surface area contributed by atoms with Gasteiger partial charge in [0.15, 0.2) is 0 Å². The Bertz CT molecular complexity index is 604. The van der Waals surface area contributed by atoms with E-state index in [4.69, 9.17) is 0 Å². The summed E-state index contributed by atoms with van der Waals surface area (Å²) >= 11 is 0. The van der Waals surface area contributed by atoms with Crippen LogP contribution in [0.3, 0.4) is 0 Å². The molecule has 0 aliphatic carbocycles. The van der Waals surface area contributed by atoms with Gasteiger partial charge in [-0.15, -0.1) is 10.2 Å². The van der Waals surface area contributed by atoms with Crippen LogP contribution in [0.2, 0.25) is 0 Å². The number of phenolic OH excluding ortho intramolecular Hbond substituents is 1. The maximum absolute atomic E-state index is 10.6. The van der Waals surface area contributed by atoms with Gasteiger partial charge in [-0.05, 0) is 27.7 Å². The number of nitrogens with one attached hydrogen (secondary N) is 1. The van der Waals surface area contributed by atoms with Crippen molar-refractivity contribution >= 4 is 0 Å². The van der Waals surface area contributed by atoms with Crippen molar-refractivity contribution in [2.75, 3.05) is 0 Å². The minimum absolute atomic E-state index is 0.0216. The number of benzene rings is 1. The van der Waals surface area contributed by atoms with Crippen molar-refractivity contribution in [1.29, 1.82) is 0 Å². The third kappa shape index (κ3) is 2.66. The normalized spacial score (nSPS) is 12.7. The molecule has 5 heteroatoms. The summed E-state index contributed by atoms with van der Waals surface area (Å²) in [6.45, 7) is 12.7. The molecule has 2 N–H and O–H groups in total. The van der Waals surface area contributed by atoms with Crippen molar-refractivity contribution in [3.63, 3.8) is 0 Å². The Morgan fingerprint density at radius 1 is 1.00 bits per heavy atom. The van der Waals surface area contributed by atoms with Gasteiger partial charge in [0.2, 0.25) is 5.82 Å². The number of hydrogen-bond acceptors (Lipinski definition) is 4. The lowest BCUT2D eigenvalue weighted by Gasteiger charge is -2.27. The summed E-state index contributed by atoms with van der Waals surface area (Å²) in [5, 5.41) is 24.5. The van der Waals surface area contributed by atoms with Crippen LogP contribution in [-0.4, -0.2) is 25.7 Å². The molecule has 0 fully saturated rings. The van der Waals surface area contributed by atoms with Gasteiger partial charge in [-0.1, -0.05) is 47.6 Å². The summed E-state index contributed by atoms with van der Waals surface area (Å²) in [4.78, 5) is 0. The smallest absolute Gasteiger partial charge is 0.208 e. The van der Waals surface area contributed by atoms with Crippen LogP contribution in [0.4, 0.5) is 0 Å². The fraction of sp³-hybridized carbons (Fsp3) is 0.533. The molecule has 0 unspecified atom stereocenters. The standard InChI is InChI=1S/C15H22N4O/c1-14(2,3)9-7-10(13-16-18-19-17-13)12(20)11(8-9)15(4,5)6/h7-8,20H,1-6H3,(H,16,17,18,19). The third-order valence-electron chi connectivity index (χ3n) is 3.37. The first-order valence-electron chi connectivity index (χ1n) is 6.72. The van der Waals surface area contributed by atoms with E-state index in [-0.39, 0.29) is 16.6 Å². The van der Waals surface area contributed by atoms with Gasteiger partial charge in [-0.25, -0.2) is 0 Å². The zero-order valence-corrected chi connectivity index (χ0v) is 12.9. The number of aromatic nitrogens is 4. The number of phenols is 1. The van der Waals surface area contributed by atoms with Crippen LogP contribution in [0.15, 0.2) is 12.1 Å². The monoisotopic (exact) mass is 274 g/mol. The SMILES string of the molecule is CC(C)(C)c1cc(-c2nn[nH]n2)c(O)c(C(C)(C)C)c1. The average Bonchev–Trinajstić information content (AvgIpc) is 2.79. The molecule has 1 heterocycles. The van der Waals surface area contributed by atoms with Gasteiger partial charge in [-0.2, -0.15) is 5.21 Å². The van der Waals surface area contributed by atoms with Gasteiger partial charge in [0.25, 0.3) is 0 Å². The second-order valence-electron chi connectivity index (χ2n) is 7.16. The van der Waals surface area contributed by atoms with E-state index in [0.29, 0.717) is 11.4 Å². The Morgan fingerprint density at radius 3 is 2.10 bits per heavy atom.